The van der Waals surface area contributed by atoms with Crippen LogP contribution in [0.2, 0.25) is 0 Å². The Morgan fingerprint density at radius 1 is 1.27 bits per heavy atom. The molecule has 2 aromatic heterocycles. The number of carbonyl (C=O) groups excluding carboxylic acids is 2. The monoisotopic (exact) mass is 355 g/mol. The van der Waals surface area contributed by atoms with Gasteiger partial charge >= 0.3 is 0 Å². The molecule has 0 unspecified atom stereocenters. The van der Waals surface area contributed by atoms with Crippen molar-refractivity contribution < 1.29 is 9.59 Å². The highest BCUT2D eigenvalue weighted by atomic mass is 16.2. The van der Waals surface area contributed by atoms with Crippen molar-refractivity contribution in [3.63, 3.8) is 0 Å². The number of nitrogens with zero attached hydrogens (tertiary/aromatic N) is 3. The molecule has 0 bridgehead atoms. The van der Waals surface area contributed by atoms with Gasteiger partial charge in [-0.3, -0.25) is 19.3 Å². The summed E-state index contributed by atoms with van der Waals surface area (Å²) in [6.07, 6.45) is 6.52. The summed E-state index contributed by atoms with van der Waals surface area (Å²) in [5.41, 5.74) is 2.16. The summed E-state index contributed by atoms with van der Waals surface area (Å²) in [5.74, 6) is 0.504. The van der Waals surface area contributed by atoms with Crippen LogP contribution in [0, 0.1) is 11.8 Å². The fourth-order valence-corrected chi connectivity index (χ4v) is 3.09. The lowest BCUT2D eigenvalue weighted by Crippen LogP contribution is -2.34. The Balaban J connectivity index is 1.59. The van der Waals surface area contributed by atoms with Gasteiger partial charge in [0.05, 0.1) is 23.0 Å². The summed E-state index contributed by atoms with van der Waals surface area (Å²) in [5, 5.41) is 10.3. The van der Waals surface area contributed by atoms with E-state index in [4.69, 9.17) is 0 Å². The van der Waals surface area contributed by atoms with Crippen LogP contribution in [-0.4, -0.2) is 39.7 Å². The van der Waals surface area contributed by atoms with Gasteiger partial charge in [0, 0.05) is 32.0 Å². The van der Waals surface area contributed by atoms with Crippen LogP contribution in [0.5, 0.6) is 0 Å². The molecule has 0 spiro atoms. The first-order valence-electron chi connectivity index (χ1n) is 9.05. The number of hydrogen-bond donors (Lipinski definition) is 2. The SMILES string of the molecule is CC(C)CNC(=O)c1cnn2c1C[C@@H](CNC(=O)c1cccnc1)CC2. The number of pyridine rings is 1. The predicted molar refractivity (Wildman–Crippen MR) is 97.8 cm³/mol. The fourth-order valence-electron chi connectivity index (χ4n) is 3.09. The Hall–Kier alpha value is -2.70. The van der Waals surface area contributed by atoms with E-state index in [0.717, 1.165) is 25.1 Å². The predicted octanol–water partition coefficient (Wildman–Crippen LogP) is 1.66. The van der Waals surface area contributed by atoms with Gasteiger partial charge in [-0.2, -0.15) is 5.10 Å². The number of aromatic nitrogens is 3. The molecule has 26 heavy (non-hydrogen) atoms. The molecule has 138 valence electrons. The number of fused-ring (bicyclic) bond motifs is 1. The Morgan fingerprint density at radius 3 is 2.85 bits per heavy atom. The van der Waals surface area contributed by atoms with Gasteiger partial charge in [-0.15, -0.1) is 0 Å². The Morgan fingerprint density at radius 2 is 2.12 bits per heavy atom. The van der Waals surface area contributed by atoms with Gasteiger partial charge in [-0.1, -0.05) is 13.8 Å². The summed E-state index contributed by atoms with van der Waals surface area (Å²) >= 11 is 0. The van der Waals surface area contributed by atoms with Gasteiger partial charge in [0.15, 0.2) is 0 Å². The van der Waals surface area contributed by atoms with E-state index >= 15 is 0 Å². The zero-order valence-corrected chi connectivity index (χ0v) is 15.2. The molecule has 1 atom stereocenters. The number of carbonyl (C=O) groups is 2. The molecule has 2 aromatic rings. The molecule has 0 saturated carbocycles. The highest BCUT2D eigenvalue weighted by Crippen LogP contribution is 2.22. The van der Waals surface area contributed by atoms with Crippen LogP contribution in [0.3, 0.4) is 0 Å². The van der Waals surface area contributed by atoms with Crippen LogP contribution in [0.1, 0.15) is 46.7 Å². The maximum absolute atomic E-state index is 12.4. The van der Waals surface area contributed by atoms with Crippen molar-refractivity contribution in [1.82, 2.24) is 25.4 Å². The van der Waals surface area contributed by atoms with E-state index in [0.29, 0.717) is 30.1 Å². The highest BCUT2D eigenvalue weighted by molar-refractivity contribution is 5.95. The van der Waals surface area contributed by atoms with E-state index in [2.05, 4.69) is 34.6 Å². The van der Waals surface area contributed by atoms with E-state index in [1.54, 1.807) is 30.7 Å². The molecular formula is C19H25N5O2. The van der Waals surface area contributed by atoms with Crippen molar-refractivity contribution in [3.8, 4) is 0 Å². The number of rotatable bonds is 6. The summed E-state index contributed by atoms with van der Waals surface area (Å²) in [7, 11) is 0. The van der Waals surface area contributed by atoms with Gasteiger partial charge in [0.2, 0.25) is 0 Å². The Bertz CT molecular complexity index is 769. The molecule has 1 aliphatic rings. The second-order valence-corrected chi connectivity index (χ2v) is 7.14. The van der Waals surface area contributed by atoms with Crippen LogP contribution in [0.25, 0.3) is 0 Å². The van der Waals surface area contributed by atoms with Gasteiger partial charge in [-0.05, 0) is 36.8 Å². The van der Waals surface area contributed by atoms with E-state index in [1.165, 1.54) is 0 Å². The molecule has 2 N–H and O–H groups in total. The molecule has 0 radical (unpaired) electrons. The second kappa shape index (κ2) is 8.12. The maximum atomic E-state index is 12.4. The fraction of sp³-hybridized carbons (Fsp3) is 0.474. The van der Waals surface area contributed by atoms with Crippen LogP contribution >= 0.6 is 0 Å². The van der Waals surface area contributed by atoms with Crippen molar-refractivity contribution in [2.75, 3.05) is 13.1 Å². The first-order valence-corrected chi connectivity index (χ1v) is 9.05. The molecule has 3 rings (SSSR count). The minimum Gasteiger partial charge on any atom is -0.352 e. The van der Waals surface area contributed by atoms with Crippen molar-refractivity contribution in [2.24, 2.45) is 11.8 Å². The molecule has 0 aliphatic carbocycles. The summed E-state index contributed by atoms with van der Waals surface area (Å²) in [6, 6.07) is 3.49. The highest BCUT2D eigenvalue weighted by Gasteiger charge is 2.25. The zero-order chi connectivity index (χ0) is 18.5. The quantitative estimate of drug-likeness (QED) is 0.825. The smallest absolute Gasteiger partial charge is 0.254 e. The van der Waals surface area contributed by atoms with E-state index in [-0.39, 0.29) is 17.7 Å². The van der Waals surface area contributed by atoms with Crippen LogP contribution in [0.15, 0.2) is 30.7 Å². The third kappa shape index (κ3) is 4.28. The van der Waals surface area contributed by atoms with Crippen LogP contribution in [-0.2, 0) is 13.0 Å². The number of amides is 2. The van der Waals surface area contributed by atoms with E-state index < -0.39 is 0 Å². The average Bonchev–Trinajstić information content (AvgIpc) is 3.08. The molecule has 7 nitrogen and oxygen atoms in total. The summed E-state index contributed by atoms with van der Waals surface area (Å²) in [4.78, 5) is 28.5. The van der Waals surface area contributed by atoms with Crippen molar-refractivity contribution >= 4 is 11.8 Å². The molecule has 0 aromatic carbocycles. The standard InChI is InChI=1S/C19H25N5O2/c1-13(2)9-21-19(26)16-12-23-24-7-5-14(8-17(16)24)10-22-18(25)15-4-3-6-20-11-15/h3-4,6,11-14H,5,7-10H2,1-2H3,(H,21,26)(H,22,25)/t14-/m0/s1. The van der Waals surface area contributed by atoms with Crippen molar-refractivity contribution in [3.05, 3.63) is 47.5 Å². The molecule has 3 heterocycles. The van der Waals surface area contributed by atoms with Gasteiger partial charge in [-0.25, -0.2) is 0 Å². The van der Waals surface area contributed by atoms with Gasteiger partial charge in [0.25, 0.3) is 11.8 Å². The topological polar surface area (TPSA) is 88.9 Å². The number of aryl methyl sites for hydroxylation is 1. The molecule has 2 amide bonds. The normalized spacial score (nSPS) is 16.2. The number of nitrogens with one attached hydrogen (secondary N) is 2. The minimum atomic E-state index is -0.118. The largest absolute Gasteiger partial charge is 0.352 e. The van der Waals surface area contributed by atoms with E-state index in [9.17, 15) is 9.59 Å². The third-order valence-electron chi connectivity index (χ3n) is 4.57. The molecule has 7 heteroatoms. The van der Waals surface area contributed by atoms with Gasteiger partial charge < -0.3 is 10.6 Å². The Kier molecular flexibility index (Phi) is 5.65. The lowest BCUT2D eigenvalue weighted by molar-refractivity contribution is 0.0933. The summed E-state index contributed by atoms with van der Waals surface area (Å²) in [6.45, 7) is 6.11. The molecule has 0 saturated heterocycles. The molecule has 1 aliphatic heterocycles. The lowest BCUT2D eigenvalue weighted by atomic mass is 9.94. The second-order valence-electron chi connectivity index (χ2n) is 7.14. The lowest BCUT2D eigenvalue weighted by Gasteiger charge is -2.24. The first kappa shape index (κ1) is 18.1. The summed E-state index contributed by atoms with van der Waals surface area (Å²) < 4.78 is 1.91. The van der Waals surface area contributed by atoms with Crippen molar-refractivity contribution in [2.45, 2.75) is 33.2 Å². The zero-order valence-electron chi connectivity index (χ0n) is 15.2. The van der Waals surface area contributed by atoms with Crippen LogP contribution in [0.4, 0.5) is 0 Å². The minimum absolute atomic E-state index is 0.0694. The number of hydrogen-bond acceptors (Lipinski definition) is 4. The van der Waals surface area contributed by atoms with Crippen LogP contribution < -0.4 is 10.6 Å². The molecule has 0 fully saturated rings. The first-order chi connectivity index (χ1) is 12.5. The molecular weight excluding hydrogens is 330 g/mol. The Labute approximate surface area is 153 Å². The van der Waals surface area contributed by atoms with E-state index in [1.807, 2.05) is 4.68 Å². The van der Waals surface area contributed by atoms with Crippen molar-refractivity contribution in [1.29, 1.82) is 0 Å². The third-order valence-corrected chi connectivity index (χ3v) is 4.57. The maximum Gasteiger partial charge on any atom is 0.254 e. The average molecular weight is 355 g/mol. The van der Waals surface area contributed by atoms with Gasteiger partial charge in [0.1, 0.15) is 0 Å².